The maximum atomic E-state index is 9.13. The van der Waals surface area contributed by atoms with E-state index in [1.165, 1.54) is 19.3 Å². The summed E-state index contributed by atoms with van der Waals surface area (Å²) in [5.41, 5.74) is 2.28. The van der Waals surface area contributed by atoms with E-state index >= 15 is 0 Å². The van der Waals surface area contributed by atoms with Gasteiger partial charge in [0, 0.05) is 18.4 Å². The summed E-state index contributed by atoms with van der Waals surface area (Å²) in [6.07, 6.45) is 5.60. The van der Waals surface area contributed by atoms with Crippen LogP contribution in [-0.4, -0.2) is 16.7 Å². The van der Waals surface area contributed by atoms with Crippen molar-refractivity contribution in [2.75, 3.05) is 6.61 Å². The fraction of sp³-hybridized carbons (Fsp3) is 0.450. The van der Waals surface area contributed by atoms with Gasteiger partial charge in [0.2, 0.25) is 0 Å². The highest BCUT2D eigenvalue weighted by Gasteiger charge is 2.42. The van der Waals surface area contributed by atoms with Crippen LogP contribution in [0.2, 0.25) is 0 Å². The summed E-state index contributed by atoms with van der Waals surface area (Å²) in [6, 6.07) is 12.2. The second-order valence-corrected chi connectivity index (χ2v) is 6.68. The average Bonchev–Trinajstić information content (AvgIpc) is 3.26. The van der Waals surface area contributed by atoms with Gasteiger partial charge in [-0.25, -0.2) is 4.98 Å². The monoisotopic (exact) mass is 293 g/mol. The first-order chi connectivity index (χ1) is 10.7. The molecule has 1 fully saturated rings. The Morgan fingerprint density at radius 1 is 1.23 bits per heavy atom. The number of fused-ring (bicyclic) bond motifs is 1. The molecule has 0 spiro atoms. The molecule has 1 aromatic heterocycles. The van der Waals surface area contributed by atoms with Crippen LogP contribution in [0.1, 0.15) is 44.7 Å². The second-order valence-electron chi connectivity index (χ2n) is 6.68. The number of benzene rings is 1. The summed E-state index contributed by atoms with van der Waals surface area (Å²) in [5, 5.41) is 10.3. The fourth-order valence-electron chi connectivity index (χ4n) is 3.23. The topological polar surface area (TPSA) is 33.1 Å². The van der Waals surface area contributed by atoms with Gasteiger partial charge in [-0.05, 0) is 55.1 Å². The van der Waals surface area contributed by atoms with Crippen LogP contribution < -0.4 is 0 Å². The SMILES string of the molecule is CC(CC#Cc1ccc2ccccc2n1)CC1(CCO)CC1. The first kappa shape index (κ1) is 15.1. The smallest absolute Gasteiger partial charge is 0.113 e. The van der Waals surface area contributed by atoms with Crippen LogP contribution in [0, 0.1) is 23.2 Å². The molecule has 2 aromatic rings. The minimum atomic E-state index is 0.319. The zero-order valence-corrected chi connectivity index (χ0v) is 13.2. The lowest BCUT2D eigenvalue weighted by atomic mass is 9.89. The van der Waals surface area contributed by atoms with Crippen LogP contribution in [0.15, 0.2) is 36.4 Å². The van der Waals surface area contributed by atoms with Crippen molar-refractivity contribution in [1.29, 1.82) is 0 Å². The molecule has 1 heterocycles. The third kappa shape index (κ3) is 3.67. The van der Waals surface area contributed by atoms with Crippen molar-refractivity contribution in [3.05, 3.63) is 42.1 Å². The lowest BCUT2D eigenvalue weighted by Gasteiger charge is -2.17. The number of aliphatic hydroxyl groups is 1. The zero-order chi connectivity index (χ0) is 15.4. The largest absolute Gasteiger partial charge is 0.396 e. The van der Waals surface area contributed by atoms with Crippen molar-refractivity contribution in [3.63, 3.8) is 0 Å². The summed E-state index contributed by atoms with van der Waals surface area (Å²) in [6.45, 7) is 2.58. The predicted octanol–water partition coefficient (Wildman–Crippen LogP) is 4.17. The molecular formula is C20H23NO. The molecule has 2 nitrogen and oxygen atoms in total. The molecule has 0 radical (unpaired) electrons. The van der Waals surface area contributed by atoms with Crippen molar-refractivity contribution in [2.45, 2.75) is 39.0 Å². The molecule has 1 N–H and O–H groups in total. The standard InChI is InChI=1S/C20H23NO/c1-16(15-20(11-12-20)13-14-22)5-4-7-18-10-9-17-6-2-3-8-19(17)21-18/h2-3,6,8-10,16,22H,5,11-15H2,1H3. The van der Waals surface area contributed by atoms with Gasteiger partial charge in [-0.15, -0.1) is 0 Å². The van der Waals surface area contributed by atoms with E-state index in [1.807, 2.05) is 24.3 Å². The number of para-hydroxylation sites is 1. The van der Waals surface area contributed by atoms with E-state index in [0.29, 0.717) is 17.9 Å². The molecule has 22 heavy (non-hydrogen) atoms. The molecule has 0 aliphatic heterocycles. The van der Waals surface area contributed by atoms with Crippen LogP contribution >= 0.6 is 0 Å². The molecule has 0 bridgehead atoms. The van der Waals surface area contributed by atoms with Crippen LogP contribution in [0.3, 0.4) is 0 Å². The minimum absolute atomic E-state index is 0.319. The van der Waals surface area contributed by atoms with Crippen molar-refractivity contribution < 1.29 is 5.11 Å². The van der Waals surface area contributed by atoms with Gasteiger partial charge in [0.15, 0.2) is 0 Å². The molecule has 0 saturated heterocycles. The quantitative estimate of drug-likeness (QED) is 0.839. The van der Waals surface area contributed by atoms with Gasteiger partial charge in [-0.1, -0.05) is 37.1 Å². The van der Waals surface area contributed by atoms with E-state index < -0.39 is 0 Å². The molecule has 3 rings (SSSR count). The molecule has 2 heteroatoms. The van der Waals surface area contributed by atoms with E-state index in [0.717, 1.165) is 29.4 Å². The summed E-state index contributed by atoms with van der Waals surface area (Å²) < 4.78 is 0. The van der Waals surface area contributed by atoms with Crippen molar-refractivity contribution in [3.8, 4) is 11.8 Å². The maximum absolute atomic E-state index is 9.13. The minimum Gasteiger partial charge on any atom is -0.396 e. The van der Waals surface area contributed by atoms with Crippen LogP contribution in [-0.2, 0) is 0 Å². The number of hydrogen-bond acceptors (Lipinski definition) is 2. The number of hydrogen-bond donors (Lipinski definition) is 1. The molecule has 1 unspecified atom stereocenters. The molecule has 1 aliphatic carbocycles. The molecule has 1 saturated carbocycles. The van der Waals surface area contributed by atoms with Crippen molar-refractivity contribution >= 4 is 10.9 Å². The number of pyridine rings is 1. The Kier molecular flexibility index (Phi) is 4.45. The van der Waals surface area contributed by atoms with Gasteiger partial charge in [0.05, 0.1) is 5.52 Å². The average molecular weight is 293 g/mol. The Bertz CT molecular complexity index is 706. The summed E-state index contributed by atoms with van der Waals surface area (Å²) >= 11 is 0. The number of nitrogens with zero attached hydrogens (tertiary/aromatic N) is 1. The molecule has 0 amide bonds. The third-order valence-electron chi connectivity index (χ3n) is 4.65. The first-order valence-electron chi connectivity index (χ1n) is 8.16. The molecule has 1 aromatic carbocycles. The first-order valence-corrected chi connectivity index (χ1v) is 8.16. The highest BCUT2D eigenvalue weighted by Crippen LogP contribution is 2.53. The molecule has 114 valence electrons. The van der Waals surface area contributed by atoms with E-state index in [9.17, 15) is 0 Å². The van der Waals surface area contributed by atoms with Gasteiger partial charge in [0.1, 0.15) is 5.69 Å². The Morgan fingerprint density at radius 3 is 2.82 bits per heavy atom. The fourth-order valence-corrected chi connectivity index (χ4v) is 3.23. The second kappa shape index (κ2) is 6.50. The van der Waals surface area contributed by atoms with Crippen molar-refractivity contribution in [2.24, 2.45) is 11.3 Å². The Morgan fingerprint density at radius 2 is 2.05 bits per heavy atom. The Labute approximate surface area is 132 Å². The normalized spacial score (nSPS) is 16.8. The Hall–Kier alpha value is -1.85. The van der Waals surface area contributed by atoms with Crippen LogP contribution in [0.25, 0.3) is 10.9 Å². The summed E-state index contributed by atoms with van der Waals surface area (Å²) in [4.78, 5) is 4.58. The Balaban J connectivity index is 1.60. The number of rotatable bonds is 5. The zero-order valence-electron chi connectivity index (χ0n) is 13.2. The van der Waals surface area contributed by atoms with E-state index in [4.69, 9.17) is 5.11 Å². The summed E-state index contributed by atoms with van der Waals surface area (Å²) in [5.74, 6) is 7.06. The predicted molar refractivity (Wildman–Crippen MR) is 90.4 cm³/mol. The van der Waals surface area contributed by atoms with E-state index in [-0.39, 0.29) is 0 Å². The molecule has 1 aliphatic rings. The van der Waals surface area contributed by atoms with E-state index in [1.54, 1.807) is 0 Å². The van der Waals surface area contributed by atoms with Gasteiger partial charge in [-0.2, -0.15) is 0 Å². The lowest BCUT2D eigenvalue weighted by molar-refractivity contribution is 0.230. The summed E-state index contributed by atoms with van der Waals surface area (Å²) in [7, 11) is 0. The van der Waals surface area contributed by atoms with Gasteiger partial charge >= 0.3 is 0 Å². The third-order valence-corrected chi connectivity index (χ3v) is 4.65. The number of aromatic nitrogens is 1. The van der Waals surface area contributed by atoms with E-state index in [2.05, 4.69) is 35.9 Å². The van der Waals surface area contributed by atoms with Crippen LogP contribution in [0.4, 0.5) is 0 Å². The number of aliphatic hydroxyl groups excluding tert-OH is 1. The van der Waals surface area contributed by atoms with Gasteiger partial charge in [0.25, 0.3) is 0 Å². The lowest BCUT2D eigenvalue weighted by Crippen LogP contribution is -2.08. The highest BCUT2D eigenvalue weighted by molar-refractivity contribution is 5.78. The van der Waals surface area contributed by atoms with Crippen molar-refractivity contribution in [1.82, 2.24) is 4.98 Å². The maximum Gasteiger partial charge on any atom is 0.113 e. The molecular weight excluding hydrogens is 270 g/mol. The van der Waals surface area contributed by atoms with Crippen LogP contribution in [0.5, 0.6) is 0 Å². The molecule has 1 atom stereocenters. The highest BCUT2D eigenvalue weighted by atomic mass is 16.3. The van der Waals surface area contributed by atoms with Gasteiger partial charge in [-0.3, -0.25) is 0 Å². The van der Waals surface area contributed by atoms with Gasteiger partial charge < -0.3 is 5.11 Å².